The molecule has 0 aliphatic heterocycles. The third-order valence-electron chi connectivity index (χ3n) is 13.2. The molecule has 10 aromatic carbocycles. The monoisotopic (exact) mass is 856 g/mol. The van der Waals surface area contributed by atoms with Gasteiger partial charge in [-0.25, -0.2) is 9.97 Å². The van der Waals surface area contributed by atoms with Gasteiger partial charge < -0.3 is 8.98 Å². The number of fused-ring (bicyclic) bond motifs is 10. The molecule has 0 aliphatic carbocycles. The quantitative estimate of drug-likeness (QED) is 0.156. The van der Waals surface area contributed by atoms with Crippen LogP contribution in [0.3, 0.4) is 0 Å². The number of para-hydroxylation sites is 3. The number of rotatable bonds is 6. The highest BCUT2D eigenvalue weighted by molar-refractivity contribution is 6.24. The van der Waals surface area contributed by atoms with Gasteiger partial charge in [-0.2, -0.15) is 9.97 Å². The van der Waals surface area contributed by atoms with Crippen LogP contribution in [0.1, 0.15) is 0 Å². The van der Waals surface area contributed by atoms with E-state index in [1.165, 1.54) is 11.1 Å². The minimum atomic E-state index is 0.529. The Morgan fingerprint density at radius 2 is 0.761 bits per heavy atom. The van der Waals surface area contributed by atoms with Crippen molar-refractivity contribution in [1.29, 1.82) is 0 Å². The van der Waals surface area contributed by atoms with Crippen molar-refractivity contribution in [1.82, 2.24) is 29.1 Å². The topological polar surface area (TPSA) is 74.6 Å². The van der Waals surface area contributed by atoms with E-state index < -0.39 is 0 Å². The Balaban J connectivity index is 1.08. The first-order valence-electron chi connectivity index (χ1n) is 22.5. The fraction of sp³-hybridized carbons (Fsp3) is 0. The lowest BCUT2D eigenvalue weighted by Gasteiger charge is -2.15. The lowest BCUT2D eigenvalue weighted by molar-refractivity contribution is 0.619. The van der Waals surface area contributed by atoms with Gasteiger partial charge in [-0.15, -0.1) is 0 Å². The van der Waals surface area contributed by atoms with Crippen LogP contribution in [0.5, 0.6) is 0 Å². The van der Waals surface area contributed by atoms with E-state index in [0.29, 0.717) is 29.1 Å². The summed E-state index contributed by atoms with van der Waals surface area (Å²) in [5.74, 6) is 2.29. The van der Waals surface area contributed by atoms with Crippen molar-refractivity contribution < 1.29 is 4.42 Å². The fourth-order valence-electron chi connectivity index (χ4n) is 10.3. The van der Waals surface area contributed by atoms with E-state index in [4.69, 9.17) is 24.4 Å². The first-order chi connectivity index (χ1) is 33.3. The van der Waals surface area contributed by atoms with Gasteiger partial charge in [0, 0.05) is 32.7 Å². The predicted molar refractivity (Wildman–Crippen MR) is 273 cm³/mol. The second-order valence-electron chi connectivity index (χ2n) is 16.9. The van der Waals surface area contributed by atoms with Crippen molar-refractivity contribution in [2.45, 2.75) is 0 Å². The van der Waals surface area contributed by atoms with Crippen LogP contribution in [0.25, 0.3) is 133 Å². The number of oxazole rings is 1. The summed E-state index contributed by atoms with van der Waals surface area (Å²) in [5, 5.41) is 8.84. The summed E-state index contributed by atoms with van der Waals surface area (Å²) >= 11 is 0. The van der Waals surface area contributed by atoms with Crippen molar-refractivity contribution in [3.8, 4) is 57.0 Å². The first kappa shape index (κ1) is 37.2. The molecule has 67 heavy (non-hydrogen) atoms. The lowest BCUT2D eigenvalue weighted by atomic mass is 9.88. The van der Waals surface area contributed by atoms with E-state index in [2.05, 4.69) is 167 Å². The molecule has 0 saturated heterocycles. The van der Waals surface area contributed by atoms with Gasteiger partial charge in [-0.3, -0.25) is 4.57 Å². The molecular formula is C60H36N6O. The van der Waals surface area contributed by atoms with E-state index in [1.807, 2.05) is 60.7 Å². The number of nitrogens with zero attached hydrogens (tertiary/aromatic N) is 6. The molecule has 0 bridgehead atoms. The maximum absolute atomic E-state index is 7.21. The maximum Gasteiger partial charge on any atom is 0.238 e. The Morgan fingerprint density at radius 1 is 0.313 bits per heavy atom. The van der Waals surface area contributed by atoms with Crippen molar-refractivity contribution in [2.24, 2.45) is 0 Å². The molecule has 4 heterocycles. The summed E-state index contributed by atoms with van der Waals surface area (Å²) in [4.78, 5) is 21.0. The molecule has 0 atom stereocenters. The Labute approximate surface area is 383 Å². The molecule has 7 nitrogen and oxygen atoms in total. The summed E-state index contributed by atoms with van der Waals surface area (Å²) in [6.07, 6.45) is 0. The normalized spacial score (nSPS) is 11.9. The van der Waals surface area contributed by atoms with Crippen molar-refractivity contribution in [3.05, 3.63) is 218 Å². The summed E-state index contributed by atoms with van der Waals surface area (Å²) in [7, 11) is 0. The van der Waals surface area contributed by atoms with Gasteiger partial charge in [0.15, 0.2) is 17.2 Å². The highest BCUT2D eigenvalue weighted by Crippen LogP contribution is 2.46. The van der Waals surface area contributed by atoms with Crippen LogP contribution in [0, 0.1) is 0 Å². The van der Waals surface area contributed by atoms with Crippen LogP contribution in [-0.4, -0.2) is 29.1 Å². The summed E-state index contributed by atoms with van der Waals surface area (Å²) in [5.41, 5.74) is 11.5. The Kier molecular flexibility index (Phi) is 8.15. The zero-order valence-electron chi connectivity index (χ0n) is 35.9. The van der Waals surface area contributed by atoms with E-state index >= 15 is 0 Å². The summed E-state index contributed by atoms with van der Waals surface area (Å²) < 4.78 is 11.8. The van der Waals surface area contributed by atoms with Crippen molar-refractivity contribution in [2.75, 3.05) is 0 Å². The maximum atomic E-state index is 7.21. The van der Waals surface area contributed by atoms with Crippen molar-refractivity contribution >= 4 is 76.3 Å². The molecule has 0 aliphatic rings. The number of benzene rings is 10. The largest absolute Gasteiger partial charge is 0.434 e. The molecular weight excluding hydrogens is 821 g/mol. The molecule has 0 spiro atoms. The molecule has 0 fully saturated rings. The van der Waals surface area contributed by atoms with Crippen LogP contribution >= 0.6 is 0 Å². The lowest BCUT2D eigenvalue weighted by Crippen LogP contribution is -2.07. The molecule has 0 N–H and O–H groups in total. The average molecular weight is 857 g/mol. The van der Waals surface area contributed by atoms with Crippen LogP contribution < -0.4 is 0 Å². The Bertz CT molecular complexity index is 4150. The zero-order valence-corrected chi connectivity index (χ0v) is 35.9. The smallest absolute Gasteiger partial charge is 0.238 e. The average Bonchev–Trinajstić information content (AvgIpc) is 4.09. The number of hydrogen-bond acceptors (Lipinski definition) is 5. The predicted octanol–water partition coefficient (Wildman–Crippen LogP) is 15.2. The molecule has 4 aromatic heterocycles. The number of hydrogen-bond donors (Lipinski definition) is 0. The minimum absolute atomic E-state index is 0.529. The van der Waals surface area contributed by atoms with Gasteiger partial charge in [0.2, 0.25) is 11.8 Å². The Hall–Kier alpha value is -9.20. The van der Waals surface area contributed by atoms with Gasteiger partial charge in [0.25, 0.3) is 0 Å². The van der Waals surface area contributed by atoms with Crippen molar-refractivity contribution in [3.63, 3.8) is 0 Å². The molecule has 312 valence electrons. The summed E-state index contributed by atoms with van der Waals surface area (Å²) in [6.45, 7) is 0. The number of aromatic nitrogens is 6. The summed E-state index contributed by atoms with van der Waals surface area (Å²) in [6, 6.07) is 76.1. The SMILES string of the molecule is c1ccc(-c2nc(-c3ccccc3)nc(-n3c4ccccc4c4ccc5c6ccccc6n(-c6cccc7nc(-c8c9ccccc9c(-c9ccccc9)c9ccccc89)oc67)c5c43)n2)cc1. The highest BCUT2D eigenvalue weighted by Gasteiger charge is 2.26. The van der Waals surface area contributed by atoms with E-state index in [1.54, 1.807) is 0 Å². The van der Waals surface area contributed by atoms with Crippen LogP contribution in [0.2, 0.25) is 0 Å². The highest BCUT2D eigenvalue weighted by atomic mass is 16.3. The molecule has 14 rings (SSSR count). The molecule has 7 heteroatoms. The van der Waals surface area contributed by atoms with Crippen LogP contribution in [0.15, 0.2) is 223 Å². The van der Waals surface area contributed by atoms with Gasteiger partial charge in [0.1, 0.15) is 5.52 Å². The van der Waals surface area contributed by atoms with Gasteiger partial charge in [-0.1, -0.05) is 194 Å². The standard InChI is InChI=1S/C60H36N6O/c1-4-19-37(20-5-1)52-42-27-10-12-29-44(42)53(45-30-13-11-28-43(45)52)59-61-48-31-18-34-51(56(48)67-59)65-49-32-16-14-25-40(49)46-35-36-47-41-26-15-17-33-50(41)66(55(47)54(46)65)60-63-57(38-21-6-2-7-22-38)62-58(64-60)39-23-8-3-9-24-39/h1-36H. The van der Waals surface area contributed by atoms with Gasteiger partial charge >= 0.3 is 0 Å². The minimum Gasteiger partial charge on any atom is -0.434 e. The fourth-order valence-corrected chi connectivity index (χ4v) is 10.3. The van der Waals surface area contributed by atoms with E-state index in [9.17, 15) is 0 Å². The second kappa shape index (κ2) is 14.7. The van der Waals surface area contributed by atoms with Crippen LogP contribution in [0.4, 0.5) is 0 Å². The van der Waals surface area contributed by atoms with E-state index in [-0.39, 0.29) is 0 Å². The Morgan fingerprint density at radius 3 is 1.31 bits per heavy atom. The molecule has 0 amide bonds. The molecule has 0 radical (unpaired) electrons. The zero-order chi connectivity index (χ0) is 44.0. The second-order valence-corrected chi connectivity index (χ2v) is 16.9. The molecule has 0 saturated carbocycles. The third-order valence-corrected chi connectivity index (χ3v) is 13.2. The third kappa shape index (κ3) is 5.65. The molecule has 0 unspecified atom stereocenters. The van der Waals surface area contributed by atoms with Gasteiger partial charge in [0.05, 0.1) is 33.3 Å². The molecule has 14 aromatic rings. The van der Waals surface area contributed by atoms with E-state index in [0.717, 1.165) is 93.1 Å². The first-order valence-corrected chi connectivity index (χ1v) is 22.5. The van der Waals surface area contributed by atoms with Gasteiger partial charge in [-0.05, 0) is 56.9 Å². The van der Waals surface area contributed by atoms with Crippen LogP contribution in [-0.2, 0) is 0 Å².